The molecule has 0 saturated heterocycles. The Morgan fingerprint density at radius 3 is 1.77 bits per heavy atom. The van der Waals surface area contributed by atoms with Gasteiger partial charge in [-0.15, -0.1) is 0 Å². The Kier molecular flexibility index (Phi) is 18.0. The number of aryl methyl sites for hydroxylation is 2. The second kappa shape index (κ2) is 21.8. The van der Waals surface area contributed by atoms with Crippen molar-refractivity contribution in [3.63, 3.8) is 0 Å². The van der Waals surface area contributed by atoms with Gasteiger partial charge in [0, 0.05) is 12.1 Å². The molecule has 0 unspecified atom stereocenters. The third kappa shape index (κ3) is 15.0. The summed E-state index contributed by atoms with van der Waals surface area (Å²) in [5.74, 6) is -0.352. The Bertz CT molecular complexity index is 1350. The number of halogens is 2. The van der Waals surface area contributed by atoms with Crippen LogP contribution in [0.2, 0.25) is 10.0 Å². The molecule has 0 atom stereocenters. The Balaban J connectivity index is 1.82. The molecule has 3 N–H and O–H groups in total. The first-order valence-electron chi connectivity index (χ1n) is 15.0. The molecular weight excluding hydrogens is 591 g/mol. The molecule has 0 fully saturated rings. The van der Waals surface area contributed by atoms with E-state index in [1.807, 2.05) is 32.0 Å². The number of allylic oxidation sites excluding steroid dienone is 10. The molecule has 6 nitrogen and oxygen atoms in total. The first kappa shape index (κ1) is 36.3. The van der Waals surface area contributed by atoms with E-state index in [0.29, 0.717) is 22.2 Å². The summed E-state index contributed by atoms with van der Waals surface area (Å²) in [5, 5.41) is 8.74. The topological polar surface area (TPSA) is 82.6 Å². The number of hydrogen-bond donors (Lipinski definition) is 3. The number of carbonyl (C=O) groups is 2. The quantitative estimate of drug-likeness (QED) is 0.0788. The van der Waals surface area contributed by atoms with E-state index in [2.05, 4.69) is 88.6 Å². The zero-order valence-corrected chi connectivity index (χ0v) is 27.4. The largest absolute Gasteiger partial charge is 0.326 e. The number of rotatable bonds is 15. The van der Waals surface area contributed by atoms with Crippen molar-refractivity contribution in [2.75, 3.05) is 5.32 Å². The molecule has 0 bridgehead atoms. The maximum Gasteiger partial charge on any atom is 0.326 e. The monoisotopic (exact) mass is 634 g/mol. The average molecular weight is 636 g/mol. The summed E-state index contributed by atoms with van der Waals surface area (Å²) in [6, 6.07) is 10.1. The van der Waals surface area contributed by atoms with Crippen molar-refractivity contribution in [1.82, 2.24) is 10.6 Å². The van der Waals surface area contributed by atoms with Crippen LogP contribution >= 0.6 is 23.2 Å². The number of anilines is 1. The van der Waals surface area contributed by atoms with Crippen LogP contribution in [0.4, 0.5) is 16.2 Å². The fourth-order valence-electron chi connectivity index (χ4n) is 4.00. The van der Waals surface area contributed by atoms with Gasteiger partial charge in [-0.3, -0.25) is 15.4 Å². The number of nitrogens with zero attached hydrogens (tertiary/aromatic N) is 1. The normalized spacial score (nSPS) is 12.3. The maximum absolute atomic E-state index is 12.9. The van der Waals surface area contributed by atoms with Gasteiger partial charge in [-0.2, -0.15) is 0 Å². The fourth-order valence-corrected chi connectivity index (χ4v) is 4.48. The SMILES string of the molecule is CC/C=C\C/C=C\C/C=C\C/C=C\C/C=C\CCCC(=O)NC(=Nc1c(Cl)cccc1Cl)NC(=O)Nc1c(C)cccc1C. The van der Waals surface area contributed by atoms with Gasteiger partial charge in [0.2, 0.25) is 11.9 Å². The lowest BCUT2D eigenvalue weighted by atomic mass is 10.1. The fraction of sp³-hybridized carbons (Fsp3) is 0.306. The number of unbranched alkanes of at least 4 members (excludes halogenated alkanes) is 1. The van der Waals surface area contributed by atoms with Crippen LogP contribution in [-0.4, -0.2) is 17.9 Å². The Morgan fingerprint density at radius 1 is 0.727 bits per heavy atom. The minimum atomic E-state index is -0.552. The van der Waals surface area contributed by atoms with Crippen molar-refractivity contribution < 1.29 is 9.59 Å². The first-order chi connectivity index (χ1) is 21.3. The molecule has 0 aliphatic rings. The van der Waals surface area contributed by atoms with Crippen LogP contribution < -0.4 is 16.0 Å². The van der Waals surface area contributed by atoms with Gasteiger partial charge in [0.25, 0.3) is 0 Å². The first-order valence-corrected chi connectivity index (χ1v) is 15.8. The molecule has 2 aromatic rings. The molecular formula is C36H44Cl2N4O2. The average Bonchev–Trinajstić information content (AvgIpc) is 2.98. The third-order valence-corrected chi connectivity index (χ3v) is 6.91. The lowest BCUT2D eigenvalue weighted by Gasteiger charge is -2.15. The van der Waals surface area contributed by atoms with Crippen LogP contribution in [0.5, 0.6) is 0 Å². The number of guanidine groups is 1. The third-order valence-electron chi connectivity index (χ3n) is 6.30. The molecule has 2 aromatic carbocycles. The standard InChI is InChI=1S/C36H44Cl2N4O2/c1-4-5-6-7-8-9-10-11-12-13-14-15-16-17-18-19-20-27-32(43)39-35(40-34-30(37)25-22-26-31(34)38)42-36(44)41-33-28(2)23-21-24-29(33)3/h5-6,8-9,11-12,14-15,17-18,21-26H,4,7,10,13,16,19-20,27H2,1-3H3,(H3,39,40,41,42,43,44)/b6-5-,9-8-,12-11-,15-14-,18-17-. The van der Waals surface area contributed by atoms with E-state index in [0.717, 1.165) is 49.7 Å². The summed E-state index contributed by atoms with van der Waals surface area (Å²) in [6.45, 7) is 5.94. The molecule has 234 valence electrons. The molecule has 0 aliphatic heterocycles. The Hall–Kier alpha value is -3.87. The smallest absolute Gasteiger partial charge is 0.307 e. The summed E-state index contributed by atoms with van der Waals surface area (Å²) >= 11 is 12.6. The van der Waals surface area contributed by atoms with Crippen molar-refractivity contribution >= 4 is 52.5 Å². The highest BCUT2D eigenvalue weighted by Crippen LogP contribution is 2.32. The number of carbonyl (C=O) groups excluding carboxylic acids is 2. The molecule has 0 saturated carbocycles. The number of aliphatic imine (C=N–C) groups is 1. The zero-order valence-electron chi connectivity index (χ0n) is 25.9. The lowest BCUT2D eigenvalue weighted by molar-refractivity contribution is -0.119. The van der Waals surface area contributed by atoms with E-state index < -0.39 is 6.03 Å². The van der Waals surface area contributed by atoms with Crippen molar-refractivity contribution in [3.8, 4) is 0 Å². The molecule has 0 aromatic heterocycles. The van der Waals surface area contributed by atoms with Gasteiger partial charge in [0.15, 0.2) is 0 Å². The van der Waals surface area contributed by atoms with E-state index in [-0.39, 0.29) is 24.0 Å². The van der Waals surface area contributed by atoms with Crippen LogP contribution in [0.1, 0.15) is 69.4 Å². The van der Waals surface area contributed by atoms with E-state index in [1.165, 1.54) is 0 Å². The number of amides is 3. The van der Waals surface area contributed by atoms with Gasteiger partial charge < -0.3 is 5.32 Å². The molecule has 0 spiro atoms. The van der Waals surface area contributed by atoms with Crippen molar-refractivity contribution in [3.05, 3.63) is 118 Å². The Labute approximate surface area is 272 Å². The Morgan fingerprint density at radius 2 is 1.23 bits per heavy atom. The van der Waals surface area contributed by atoms with Crippen molar-refractivity contribution in [1.29, 1.82) is 0 Å². The van der Waals surface area contributed by atoms with Crippen molar-refractivity contribution in [2.45, 2.75) is 72.1 Å². The van der Waals surface area contributed by atoms with Crippen LogP contribution in [0.15, 0.2) is 102 Å². The summed E-state index contributed by atoms with van der Waals surface area (Å²) in [5.41, 5.74) is 2.75. The summed E-state index contributed by atoms with van der Waals surface area (Å²) in [6.07, 6.45) is 28.0. The molecule has 3 amide bonds. The van der Waals surface area contributed by atoms with E-state index in [1.54, 1.807) is 18.2 Å². The van der Waals surface area contributed by atoms with Gasteiger partial charge in [0.1, 0.15) is 5.69 Å². The summed E-state index contributed by atoms with van der Waals surface area (Å²) in [4.78, 5) is 30.0. The maximum atomic E-state index is 12.9. The van der Waals surface area contributed by atoms with Crippen molar-refractivity contribution in [2.24, 2.45) is 4.99 Å². The van der Waals surface area contributed by atoms with Gasteiger partial charge in [0.05, 0.1) is 10.0 Å². The molecule has 0 radical (unpaired) electrons. The number of benzene rings is 2. The van der Waals surface area contributed by atoms with Gasteiger partial charge in [-0.05, 0) is 82.1 Å². The highest BCUT2D eigenvalue weighted by atomic mass is 35.5. The second-order valence-corrected chi connectivity index (χ2v) is 10.8. The summed E-state index contributed by atoms with van der Waals surface area (Å²) < 4.78 is 0. The zero-order chi connectivity index (χ0) is 32.0. The van der Waals surface area contributed by atoms with Crippen LogP contribution in [0.25, 0.3) is 0 Å². The summed E-state index contributed by atoms with van der Waals surface area (Å²) in [7, 11) is 0. The van der Waals surface area contributed by atoms with E-state index in [4.69, 9.17) is 23.2 Å². The van der Waals surface area contributed by atoms with Crippen LogP contribution in [-0.2, 0) is 4.79 Å². The number of hydrogen-bond acceptors (Lipinski definition) is 3. The number of nitrogens with one attached hydrogen (secondary N) is 3. The minimum Gasteiger partial charge on any atom is -0.307 e. The molecule has 2 rings (SSSR count). The van der Waals surface area contributed by atoms with E-state index in [9.17, 15) is 9.59 Å². The van der Waals surface area contributed by atoms with Gasteiger partial charge >= 0.3 is 6.03 Å². The second-order valence-electron chi connectivity index (χ2n) is 10.0. The number of urea groups is 1. The highest BCUT2D eigenvalue weighted by molar-refractivity contribution is 6.39. The number of para-hydroxylation sites is 2. The van der Waals surface area contributed by atoms with Gasteiger partial charge in [-0.25, -0.2) is 9.79 Å². The van der Waals surface area contributed by atoms with Crippen LogP contribution in [0, 0.1) is 13.8 Å². The minimum absolute atomic E-state index is 0.0661. The molecule has 44 heavy (non-hydrogen) atoms. The molecule has 8 heteroatoms. The lowest BCUT2D eigenvalue weighted by Crippen LogP contribution is -2.45. The van der Waals surface area contributed by atoms with Crippen LogP contribution in [0.3, 0.4) is 0 Å². The van der Waals surface area contributed by atoms with Gasteiger partial charge in [-0.1, -0.05) is 115 Å². The predicted molar refractivity (Wildman–Crippen MR) is 188 cm³/mol. The highest BCUT2D eigenvalue weighted by Gasteiger charge is 2.14. The molecule has 0 aliphatic carbocycles. The van der Waals surface area contributed by atoms with E-state index >= 15 is 0 Å². The molecule has 0 heterocycles. The predicted octanol–water partition coefficient (Wildman–Crippen LogP) is 10.5.